The maximum absolute atomic E-state index is 4.65. The van der Waals surface area contributed by atoms with Gasteiger partial charge in [-0.3, -0.25) is 9.67 Å². The molecule has 0 radical (unpaired) electrons. The second kappa shape index (κ2) is 7.36. The molecular formula is C17H26N4. The van der Waals surface area contributed by atoms with E-state index < -0.39 is 0 Å². The molecule has 1 unspecified atom stereocenters. The number of pyridine rings is 1. The lowest BCUT2D eigenvalue weighted by Crippen LogP contribution is -2.25. The summed E-state index contributed by atoms with van der Waals surface area (Å²) in [6.45, 7) is 9.57. The predicted octanol–water partition coefficient (Wildman–Crippen LogP) is 3.45. The van der Waals surface area contributed by atoms with E-state index in [9.17, 15) is 0 Å². The second-order valence-electron chi connectivity index (χ2n) is 5.85. The number of nitrogens with one attached hydrogen (secondary N) is 1. The number of nitrogens with zero attached hydrogens (tertiary/aromatic N) is 3. The minimum atomic E-state index is 0.223. The zero-order valence-corrected chi connectivity index (χ0v) is 13.5. The van der Waals surface area contributed by atoms with E-state index >= 15 is 0 Å². The second-order valence-corrected chi connectivity index (χ2v) is 5.85. The van der Waals surface area contributed by atoms with E-state index in [0.29, 0.717) is 6.04 Å². The third-order valence-electron chi connectivity index (χ3n) is 3.54. The Morgan fingerprint density at radius 2 is 2.10 bits per heavy atom. The average molecular weight is 286 g/mol. The first-order valence-electron chi connectivity index (χ1n) is 7.80. The van der Waals surface area contributed by atoms with Crippen molar-refractivity contribution in [2.45, 2.75) is 52.6 Å². The molecule has 0 spiro atoms. The van der Waals surface area contributed by atoms with Crippen LogP contribution in [0.3, 0.4) is 0 Å². The van der Waals surface area contributed by atoms with Crippen LogP contribution in [0.2, 0.25) is 0 Å². The lowest BCUT2D eigenvalue weighted by atomic mass is 10.1. The van der Waals surface area contributed by atoms with Crippen LogP contribution < -0.4 is 5.32 Å². The first-order chi connectivity index (χ1) is 10.1. The van der Waals surface area contributed by atoms with E-state index in [0.717, 1.165) is 30.8 Å². The van der Waals surface area contributed by atoms with E-state index in [2.05, 4.69) is 61.4 Å². The maximum Gasteiger partial charge on any atom is 0.0644 e. The lowest BCUT2D eigenvalue weighted by Gasteiger charge is -2.17. The van der Waals surface area contributed by atoms with Gasteiger partial charge in [-0.05, 0) is 57.5 Å². The number of aryl methyl sites for hydroxylation is 1. The summed E-state index contributed by atoms with van der Waals surface area (Å²) in [5, 5.41) is 8.24. The molecule has 21 heavy (non-hydrogen) atoms. The van der Waals surface area contributed by atoms with Crippen LogP contribution in [-0.4, -0.2) is 21.3 Å². The summed E-state index contributed by atoms with van der Waals surface area (Å²) >= 11 is 0. The Kier molecular flexibility index (Phi) is 5.51. The monoisotopic (exact) mass is 286 g/mol. The van der Waals surface area contributed by atoms with Gasteiger partial charge in [-0.15, -0.1) is 0 Å². The maximum atomic E-state index is 4.65. The van der Waals surface area contributed by atoms with Crippen LogP contribution >= 0.6 is 0 Å². The summed E-state index contributed by atoms with van der Waals surface area (Å²) < 4.78 is 2.01. The average Bonchev–Trinajstić information content (AvgIpc) is 2.92. The Bertz CT molecular complexity index is 559. The molecule has 4 nitrogen and oxygen atoms in total. The molecule has 0 aliphatic heterocycles. The highest BCUT2D eigenvalue weighted by atomic mass is 15.3. The van der Waals surface area contributed by atoms with Crippen LogP contribution in [0.5, 0.6) is 0 Å². The molecule has 0 saturated carbocycles. The summed E-state index contributed by atoms with van der Waals surface area (Å²) in [6, 6.07) is 6.93. The van der Waals surface area contributed by atoms with Gasteiger partial charge in [0, 0.05) is 24.9 Å². The Morgan fingerprint density at radius 3 is 2.71 bits per heavy atom. The Balaban J connectivity index is 2.15. The van der Waals surface area contributed by atoms with Gasteiger partial charge in [0.1, 0.15) is 0 Å². The van der Waals surface area contributed by atoms with Gasteiger partial charge in [0.15, 0.2) is 0 Å². The van der Waals surface area contributed by atoms with Crippen molar-refractivity contribution >= 4 is 0 Å². The molecule has 0 saturated heterocycles. The molecule has 0 aromatic carbocycles. The van der Waals surface area contributed by atoms with E-state index in [1.807, 2.05) is 16.9 Å². The minimum Gasteiger partial charge on any atom is -0.308 e. The molecular weight excluding hydrogens is 260 g/mol. The fraction of sp³-hybridized carbons (Fsp3) is 0.529. The van der Waals surface area contributed by atoms with Gasteiger partial charge in [0.05, 0.1) is 17.4 Å². The Hall–Kier alpha value is -1.68. The predicted molar refractivity (Wildman–Crippen MR) is 86.3 cm³/mol. The van der Waals surface area contributed by atoms with E-state index in [-0.39, 0.29) is 6.04 Å². The smallest absolute Gasteiger partial charge is 0.0644 e. The SMILES string of the molecule is CCCNC(Cc1ccn(C(C)C)n1)c1cc(C)ccn1. The standard InChI is InChI=1S/C17H26N4/c1-5-8-18-17(16-11-14(4)6-9-19-16)12-15-7-10-21(20-15)13(2)3/h6-7,9-11,13,17-18H,5,8,12H2,1-4H3. The Labute approximate surface area is 127 Å². The van der Waals surface area contributed by atoms with Gasteiger partial charge in [-0.25, -0.2) is 0 Å². The van der Waals surface area contributed by atoms with Gasteiger partial charge in [-0.2, -0.15) is 5.10 Å². The van der Waals surface area contributed by atoms with Crippen molar-refractivity contribution in [3.05, 3.63) is 47.5 Å². The molecule has 0 aliphatic rings. The number of aromatic nitrogens is 3. The first-order valence-corrected chi connectivity index (χ1v) is 7.80. The highest BCUT2D eigenvalue weighted by Crippen LogP contribution is 2.17. The third kappa shape index (κ3) is 4.39. The summed E-state index contributed by atoms with van der Waals surface area (Å²) in [4.78, 5) is 4.53. The summed E-state index contributed by atoms with van der Waals surface area (Å²) in [5.41, 5.74) is 3.46. The van der Waals surface area contributed by atoms with Crippen LogP contribution in [0, 0.1) is 6.92 Å². The zero-order chi connectivity index (χ0) is 15.2. The van der Waals surface area contributed by atoms with E-state index in [4.69, 9.17) is 0 Å². The van der Waals surface area contributed by atoms with Crippen molar-refractivity contribution in [1.82, 2.24) is 20.1 Å². The normalized spacial score (nSPS) is 12.8. The van der Waals surface area contributed by atoms with Gasteiger partial charge in [0.2, 0.25) is 0 Å². The number of hydrogen-bond donors (Lipinski definition) is 1. The molecule has 2 aromatic rings. The number of rotatable bonds is 7. The zero-order valence-electron chi connectivity index (χ0n) is 13.5. The largest absolute Gasteiger partial charge is 0.308 e. The molecule has 0 bridgehead atoms. The quantitative estimate of drug-likeness (QED) is 0.847. The van der Waals surface area contributed by atoms with E-state index in [1.165, 1.54) is 5.56 Å². The van der Waals surface area contributed by atoms with Crippen molar-refractivity contribution in [2.75, 3.05) is 6.54 Å². The topological polar surface area (TPSA) is 42.7 Å². The van der Waals surface area contributed by atoms with Crippen molar-refractivity contribution in [3.8, 4) is 0 Å². The van der Waals surface area contributed by atoms with Crippen LogP contribution in [-0.2, 0) is 6.42 Å². The molecule has 2 aromatic heterocycles. The highest BCUT2D eigenvalue weighted by molar-refractivity contribution is 5.19. The molecule has 2 rings (SSSR count). The highest BCUT2D eigenvalue weighted by Gasteiger charge is 2.15. The number of hydrogen-bond acceptors (Lipinski definition) is 3. The molecule has 0 fully saturated rings. The molecule has 2 heterocycles. The fourth-order valence-electron chi connectivity index (χ4n) is 2.33. The lowest BCUT2D eigenvalue weighted by molar-refractivity contribution is 0.493. The van der Waals surface area contributed by atoms with Crippen LogP contribution in [0.25, 0.3) is 0 Å². The molecule has 114 valence electrons. The summed E-state index contributed by atoms with van der Waals surface area (Å²) in [7, 11) is 0. The minimum absolute atomic E-state index is 0.223. The molecule has 1 N–H and O–H groups in total. The van der Waals surface area contributed by atoms with Crippen molar-refractivity contribution in [2.24, 2.45) is 0 Å². The molecule has 0 aliphatic carbocycles. The van der Waals surface area contributed by atoms with Gasteiger partial charge in [-0.1, -0.05) is 6.92 Å². The van der Waals surface area contributed by atoms with Crippen LogP contribution in [0.4, 0.5) is 0 Å². The van der Waals surface area contributed by atoms with E-state index in [1.54, 1.807) is 0 Å². The van der Waals surface area contributed by atoms with Gasteiger partial charge in [0.25, 0.3) is 0 Å². The molecule has 4 heteroatoms. The van der Waals surface area contributed by atoms with Crippen molar-refractivity contribution in [3.63, 3.8) is 0 Å². The molecule has 1 atom stereocenters. The van der Waals surface area contributed by atoms with Crippen LogP contribution in [0.1, 0.15) is 56.2 Å². The summed E-state index contributed by atoms with van der Waals surface area (Å²) in [6.07, 6.45) is 5.93. The molecule has 0 amide bonds. The van der Waals surface area contributed by atoms with Crippen LogP contribution in [0.15, 0.2) is 30.6 Å². The first kappa shape index (κ1) is 15.7. The van der Waals surface area contributed by atoms with Gasteiger partial charge < -0.3 is 5.32 Å². The van der Waals surface area contributed by atoms with Gasteiger partial charge >= 0.3 is 0 Å². The Morgan fingerprint density at radius 1 is 1.29 bits per heavy atom. The fourth-order valence-corrected chi connectivity index (χ4v) is 2.33. The van der Waals surface area contributed by atoms with Crippen molar-refractivity contribution < 1.29 is 0 Å². The summed E-state index contributed by atoms with van der Waals surface area (Å²) in [5.74, 6) is 0. The van der Waals surface area contributed by atoms with Crippen molar-refractivity contribution in [1.29, 1.82) is 0 Å². The third-order valence-corrected chi connectivity index (χ3v) is 3.54.